The van der Waals surface area contributed by atoms with E-state index in [1.54, 1.807) is 32.2 Å². The fourth-order valence-corrected chi connectivity index (χ4v) is 4.72. The van der Waals surface area contributed by atoms with Gasteiger partial charge in [-0.2, -0.15) is 0 Å². The molecule has 7 atom stereocenters. The van der Waals surface area contributed by atoms with Gasteiger partial charge in [-0.05, 0) is 49.1 Å². The van der Waals surface area contributed by atoms with E-state index < -0.39 is 36.8 Å². The van der Waals surface area contributed by atoms with Crippen LogP contribution in [0.15, 0.2) is 30.3 Å². The zero-order valence-electron chi connectivity index (χ0n) is 20.5. The van der Waals surface area contributed by atoms with Crippen LogP contribution in [-0.4, -0.2) is 83.7 Å². The quantitative estimate of drug-likeness (QED) is 0.334. The van der Waals surface area contributed by atoms with Gasteiger partial charge in [0, 0.05) is 12.2 Å². The molecule has 36 heavy (non-hydrogen) atoms. The normalized spacial score (nSPS) is 29.4. The minimum absolute atomic E-state index is 0.0809. The second-order valence-electron chi connectivity index (χ2n) is 9.08. The average Bonchev–Trinajstić information content (AvgIpc) is 3.27. The van der Waals surface area contributed by atoms with Gasteiger partial charge in [-0.25, -0.2) is 0 Å². The highest BCUT2D eigenvalue weighted by atomic mass is 16.7. The number of rotatable bonds is 9. The number of fused-ring (bicyclic) bond motifs is 1. The molecule has 2 unspecified atom stereocenters. The smallest absolute Gasteiger partial charge is 0.229 e. The zero-order chi connectivity index (χ0) is 26.0. The SMILES string of the molecule is COc1cc([C@@H]2Oc3c(OC)cc(CCCO)cc3[C@H]2CO)ccc1O[C@@H]1OC(C)[C@H](O)C(O)[C@@H]1O. The maximum Gasteiger partial charge on any atom is 0.229 e. The van der Waals surface area contributed by atoms with Gasteiger partial charge in [-0.3, -0.25) is 0 Å². The van der Waals surface area contributed by atoms with Crippen LogP contribution in [0, 0.1) is 0 Å². The van der Waals surface area contributed by atoms with Crippen LogP contribution in [0.3, 0.4) is 0 Å². The van der Waals surface area contributed by atoms with Gasteiger partial charge in [0.25, 0.3) is 0 Å². The van der Waals surface area contributed by atoms with E-state index in [9.17, 15) is 25.5 Å². The molecule has 0 aliphatic carbocycles. The average molecular weight is 507 g/mol. The van der Waals surface area contributed by atoms with Crippen LogP contribution in [0.5, 0.6) is 23.0 Å². The zero-order valence-corrected chi connectivity index (χ0v) is 20.5. The molecule has 1 saturated heterocycles. The lowest BCUT2D eigenvalue weighted by Gasteiger charge is -2.39. The predicted octanol–water partition coefficient (Wildman–Crippen LogP) is 1.04. The van der Waals surface area contributed by atoms with Crippen molar-refractivity contribution in [1.82, 2.24) is 0 Å². The van der Waals surface area contributed by atoms with E-state index in [0.29, 0.717) is 30.1 Å². The van der Waals surface area contributed by atoms with E-state index in [2.05, 4.69) is 0 Å². The van der Waals surface area contributed by atoms with E-state index in [1.807, 2.05) is 12.1 Å². The van der Waals surface area contributed by atoms with Gasteiger partial charge in [0.1, 0.15) is 24.4 Å². The molecule has 0 spiro atoms. The molecule has 0 bridgehead atoms. The molecule has 2 aromatic rings. The number of methoxy groups -OCH3 is 2. The van der Waals surface area contributed by atoms with Crippen LogP contribution < -0.4 is 18.9 Å². The van der Waals surface area contributed by atoms with Gasteiger partial charge in [-0.1, -0.05) is 12.1 Å². The molecule has 0 saturated carbocycles. The number of aliphatic hydroxyl groups excluding tert-OH is 5. The minimum atomic E-state index is -1.46. The summed E-state index contributed by atoms with van der Waals surface area (Å²) in [5.41, 5.74) is 2.54. The number of hydrogen-bond acceptors (Lipinski definition) is 10. The number of benzene rings is 2. The van der Waals surface area contributed by atoms with Crippen LogP contribution in [0.1, 0.15) is 42.1 Å². The number of hydrogen-bond donors (Lipinski definition) is 5. The lowest BCUT2D eigenvalue weighted by molar-refractivity contribution is -0.268. The summed E-state index contributed by atoms with van der Waals surface area (Å²) in [5.74, 6) is 1.37. The van der Waals surface area contributed by atoms with Gasteiger partial charge in [-0.15, -0.1) is 0 Å². The maximum absolute atomic E-state index is 10.3. The third kappa shape index (κ3) is 4.97. The second-order valence-corrected chi connectivity index (χ2v) is 9.08. The van der Waals surface area contributed by atoms with E-state index in [0.717, 1.165) is 16.7 Å². The molecular weight excluding hydrogens is 472 g/mol. The summed E-state index contributed by atoms with van der Waals surface area (Å²) in [6, 6.07) is 8.98. The molecule has 198 valence electrons. The highest BCUT2D eigenvalue weighted by Crippen LogP contribution is 2.51. The van der Waals surface area contributed by atoms with E-state index in [-0.39, 0.29) is 24.9 Å². The highest BCUT2D eigenvalue weighted by Gasteiger charge is 2.43. The molecule has 0 amide bonds. The summed E-state index contributed by atoms with van der Waals surface area (Å²) in [6.07, 6.45) is -5.31. The fourth-order valence-electron chi connectivity index (χ4n) is 4.72. The largest absolute Gasteiger partial charge is 0.493 e. The van der Waals surface area contributed by atoms with Crippen LogP contribution in [0.2, 0.25) is 0 Å². The van der Waals surface area contributed by atoms with Crippen molar-refractivity contribution >= 4 is 0 Å². The Balaban J connectivity index is 1.60. The lowest BCUT2D eigenvalue weighted by atomic mass is 9.90. The first-order valence-electron chi connectivity index (χ1n) is 12.0. The Bertz CT molecular complexity index is 1040. The molecule has 5 N–H and O–H groups in total. The molecule has 2 aliphatic heterocycles. The Labute approximate surface area is 209 Å². The Kier molecular flexibility index (Phi) is 8.23. The lowest BCUT2D eigenvalue weighted by Crippen LogP contribution is -2.58. The number of ether oxygens (including phenoxy) is 5. The van der Waals surface area contributed by atoms with E-state index in [1.165, 1.54) is 7.11 Å². The summed E-state index contributed by atoms with van der Waals surface area (Å²) in [5, 5.41) is 49.8. The van der Waals surface area contributed by atoms with E-state index in [4.69, 9.17) is 23.7 Å². The number of aliphatic hydroxyl groups is 5. The van der Waals surface area contributed by atoms with Crippen LogP contribution in [0.4, 0.5) is 0 Å². The molecule has 0 radical (unpaired) electrons. The van der Waals surface area contributed by atoms with Crippen LogP contribution in [0.25, 0.3) is 0 Å². The first-order chi connectivity index (χ1) is 17.3. The van der Waals surface area contributed by atoms with E-state index >= 15 is 0 Å². The molecule has 2 aliphatic rings. The van der Waals surface area contributed by atoms with Gasteiger partial charge < -0.3 is 49.2 Å². The first-order valence-corrected chi connectivity index (χ1v) is 12.0. The van der Waals surface area contributed by atoms with Crippen molar-refractivity contribution in [3.63, 3.8) is 0 Å². The molecule has 10 heteroatoms. The summed E-state index contributed by atoms with van der Waals surface area (Å²) < 4.78 is 28.7. The summed E-state index contributed by atoms with van der Waals surface area (Å²) in [7, 11) is 3.03. The summed E-state index contributed by atoms with van der Waals surface area (Å²) >= 11 is 0. The molecule has 2 heterocycles. The third-order valence-electron chi connectivity index (χ3n) is 6.76. The highest BCUT2D eigenvalue weighted by molar-refractivity contribution is 5.56. The maximum atomic E-state index is 10.3. The van der Waals surface area contributed by atoms with Crippen molar-refractivity contribution in [1.29, 1.82) is 0 Å². The monoisotopic (exact) mass is 506 g/mol. The predicted molar refractivity (Wildman–Crippen MR) is 128 cm³/mol. The number of aryl methyl sites for hydroxylation is 1. The molecule has 10 nitrogen and oxygen atoms in total. The van der Waals surface area contributed by atoms with Crippen molar-refractivity contribution < 1.29 is 49.2 Å². The molecule has 0 aromatic heterocycles. The van der Waals surface area contributed by atoms with Crippen molar-refractivity contribution in [2.24, 2.45) is 0 Å². The molecular formula is C26H34O10. The second kappa shape index (κ2) is 11.2. The molecule has 1 fully saturated rings. The van der Waals surface area contributed by atoms with Crippen LogP contribution >= 0.6 is 0 Å². The van der Waals surface area contributed by atoms with Gasteiger partial charge in [0.05, 0.1) is 32.8 Å². The van der Waals surface area contributed by atoms with Crippen LogP contribution in [-0.2, 0) is 11.2 Å². The topological polar surface area (TPSA) is 147 Å². The van der Waals surface area contributed by atoms with Crippen molar-refractivity contribution in [2.75, 3.05) is 27.4 Å². The van der Waals surface area contributed by atoms with Gasteiger partial charge in [0.15, 0.2) is 23.0 Å². The Hall–Kier alpha value is -2.60. The van der Waals surface area contributed by atoms with Crippen molar-refractivity contribution in [3.05, 3.63) is 47.0 Å². The standard InChI is InChI=1S/C26H34O10/c1-13-21(29)22(30)23(31)26(34-13)35-18-7-6-15(11-19(18)32-2)24-17(12-28)16-9-14(5-4-8-27)10-20(33-3)25(16)36-24/h6-7,9-11,13,17,21-24,26-31H,4-5,8,12H2,1-3H3/t13?,17-,21+,22?,23+,24+,26+/m1/s1. The Morgan fingerprint density at radius 2 is 1.64 bits per heavy atom. The fraction of sp³-hybridized carbons (Fsp3) is 0.538. The Morgan fingerprint density at radius 1 is 0.889 bits per heavy atom. The Morgan fingerprint density at radius 3 is 2.31 bits per heavy atom. The van der Waals surface area contributed by atoms with Crippen molar-refractivity contribution in [3.8, 4) is 23.0 Å². The van der Waals surface area contributed by atoms with Gasteiger partial charge >= 0.3 is 0 Å². The van der Waals surface area contributed by atoms with Gasteiger partial charge in [0.2, 0.25) is 6.29 Å². The first kappa shape index (κ1) is 26.5. The van der Waals surface area contributed by atoms with Crippen molar-refractivity contribution in [2.45, 2.75) is 62.5 Å². The third-order valence-corrected chi connectivity index (χ3v) is 6.76. The summed E-state index contributed by atoms with van der Waals surface area (Å²) in [4.78, 5) is 0. The summed E-state index contributed by atoms with van der Waals surface area (Å²) in [6.45, 7) is 1.49. The molecule has 4 rings (SSSR count). The molecule has 2 aromatic carbocycles. The minimum Gasteiger partial charge on any atom is -0.493 e.